The predicted molar refractivity (Wildman–Crippen MR) is 78.4 cm³/mol. The summed E-state index contributed by atoms with van der Waals surface area (Å²) in [6.45, 7) is 4.77. The van der Waals surface area contributed by atoms with Crippen LogP contribution in [0.5, 0.6) is 0 Å². The van der Waals surface area contributed by atoms with Gasteiger partial charge in [0.2, 0.25) is 10.1 Å². The third-order valence-electron chi connectivity index (χ3n) is 3.40. The summed E-state index contributed by atoms with van der Waals surface area (Å²) >= 11 is 1.40. The maximum absolute atomic E-state index is 10.9. The SMILES string of the molecule is CC1CN(c2nnc(-c3ncc([N+](=O)[O-])n3C)s2)CCN1. The van der Waals surface area contributed by atoms with E-state index >= 15 is 0 Å². The summed E-state index contributed by atoms with van der Waals surface area (Å²) in [4.78, 5) is 16.6. The number of piperazine rings is 1. The van der Waals surface area contributed by atoms with Crippen LogP contribution >= 0.6 is 11.3 Å². The van der Waals surface area contributed by atoms with Crippen LogP contribution in [0.3, 0.4) is 0 Å². The van der Waals surface area contributed by atoms with Crippen molar-refractivity contribution in [1.82, 2.24) is 25.1 Å². The third-order valence-corrected chi connectivity index (χ3v) is 4.38. The molecule has 0 saturated carbocycles. The molecule has 1 saturated heterocycles. The number of rotatable bonds is 3. The van der Waals surface area contributed by atoms with Crippen molar-refractivity contribution in [1.29, 1.82) is 0 Å². The lowest BCUT2D eigenvalue weighted by Crippen LogP contribution is -2.49. The van der Waals surface area contributed by atoms with Crippen molar-refractivity contribution in [2.24, 2.45) is 7.05 Å². The Kier molecular flexibility index (Phi) is 3.55. The van der Waals surface area contributed by atoms with Crippen LogP contribution in [0.2, 0.25) is 0 Å². The molecule has 0 spiro atoms. The van der Waals surface area contributed by atoms with Crippen molar-refractivity contribution in [3.05, 3.63) is 16.3 Å². The Morgan fingerprint density at radius 1 is 1.52 bits per heavy atom. The summed E-state index contributed by atoms with van der Waals surface area (Å²) < 4.78 is 1.42. The molecule has 10 heteroatoms. The second-order valence-electron chi connectivity index (χ2n) is 4.95. The van der Waals surface area contributed by atoms with Gasteiger partial charge in [0, 0.05) is 25.7 Å². The van der Waals surface area contributed by atoms with Crippen molar-refractivity contribution in [3.8, 4) is 10.8 Å². The van der Waals surface area contributed by atoms with Gasteiger partial charge in [0.15, 0.2) is 0 Å². The minimum Gasteiger partial charge on any atom is -0.358 e. The first-order valence-corrected chi connectivity index (χ1v) is 7.36. The van der Waals surface area contributed by atoms with Gasteiger partial charge in [-0.25, -0.2) is 9.55 Å². The monoisotopic (exact) mass is 309 g/mol. The minimum absolute atomic E-state index is 0.0578. The van der Waals surface area contributed by atoms with E-state index in [0.29, 0.717) is 16.9 Å². The van der Waals surface area contributed by atoms with Gasteiger partial charge in [-0.2, -0.15) is 0 Å². The summed E-state index contributed by atoms with van der Waals surface area (Å²) in [6.07, 6.45) is 1.24. The smallest absolute Gasteiger partial charge is 0.342 e. The van der Waals surface area contributed by atoms with Crippen LogP contribution in [0.1, 0.15) is 6.92 Å². The quantitative estimate of drug-likeness (QED) is 0.656. The van der Waals surface area contributed by atoms with Crippen LogP contribution < -0.4 is 10.2 Å². The molecule has 0 amide bonds. The maximum Gasteiger partial charge on any atom is 0.342 e. The van der Waals surface area contributed by atoms with E-state index in [1.807, 2.05) is 0 Å². The van der Waals surface area contributed by atoms with Crippen LogP contribution in [-0.2, 0) is 7.05 Å². The number of imidazole rings is 1. The molecule has 3 rings (SSSR count). The number of aromatic nitrogens is 4. The molecule has 0 aromatic carbocycles. The van der Waals surface area contributed by atoms with E-state index in [9.17, 15) is 10.1 Å². The standard InChI is InChI=1S/C11H15N7O2S/c1-7-6-17(4-3-12-7)11-15-14-10(21-11)9-13-5-8(16(9)2)18(19)20/h5,7,12H,3-4,6H2,1-2H3. The number of hydrogen-bond acceptors (Lipinski definition) is 8. The van der Waals surface area contributed by atoms with Crippen molar-refractivity contribution < 1.29 is 4.92 Å². The number of hydrogen-bond donors (Lipinski definition) is 1. The Morgan fingerprint density at radius 3 is 3.00 bits per heavy atom. The van der Waals surface area contributed by atoms with Crippen LogP contribution in [0.25, 0.3) is 10.8 Å². The van der Waals surface area contributed by atoms with E-state index in [1.165, 1.54) is 22.1 Å². The summed E-state index contributed by atoms with van der Waals surface area (Å²) in [6, 6.07) is 0.403. The fourth-order valence-electron chi connectivity index (χ4n) is 2.31. The van der Waals surface area contributed by atoms with Crippen molar-refractivity contribution >= 4 is 22.3 Å². The van der Waals surface area contributed by atoms with Gasteiger partial charge in [-0.1, -0.05) is 11.3 Å². The molecular formula is C11H15N7O2S. The molecule has 9 nitrogen and oxygen atoms in total. The van der Waals surface area contributed by atoms with E-state index in [4.69, 9.17) is 0 Å². The number of nitrogens with one attached hydrogen (secondary N) is 1. The molecule has 1 N–H and O–H groups in total. The lowest BCUT2D eigenvalue weighted by Gasteiger charge is -2.31. The van der Waals surface area contributed by atoms with Gasteiger partial charge in [0.05, 0.1) is 7.05 Å². The van der Waals surface area contributed by atoms with E-state index in [1.54, 1.807) is 7.05 Å². The Hall–Kier alpha value is -2.07. The molecule has 3 heterocycles. The first-order valence-electron chi connectivity index (χ1n) is 6.54. The Labute approximate surface area is 124 Å². The van der Waals surface area contributed by atoms with Gasteiger partial charge < -0.3 is 20.3 Å². The fraction of sp³-hybridized carbons (Fsp3) is 0.545. The number of anilines is 1. The van der Waals surface area contributed by atoms with E-state index in [0.717, 1.165) is 24.8 Å². The van der Waals surface area contributed by atoms with Crippen LogP contribution in [0, 0.1) is 10.1 Å². The zero-order valence-corrected chi connectivity index (χ0v) is 12.5. The van der Waals surface area contributed by atoms with Crippen molar-refractivity contribution in [3.63, 3.8) is 0 Å². The molecule has 1 atom stereocenters. The average molecular weight is 309 g/mol. The first-order chi connectivity index (χ1) is 10.1. The molecule has 1 aliphatic heterocycles. The lowest BCUT2D eigenvalue weighted by atomic mass is 10.2. The molecular weight excluding hydrogens is 294 g/mol. The van der Waals surface area contributed by atoms with Crippen LogP contribution in [-0.4, -0.2) is 50.3 Å². The zero-order valence-electron chi connectivity index (χ0n) is 11.7. The van der Waals surface area contributed by atoms with Gasteiger partial charge in [-0.05, 0) is 11.8 Å². The normalized spacial score (nSPS) is 19.0. The van der Waals surface area contributed by atoms with Gasteiger partial charge >= 0.3 is 5.82 Å². The fourth-order valence-corrected chi connectivity index (χ4v) is 3.22. The van der Waals surface area contributed by atoms with Gasteiger partial charge in [-0.3, -0.25) is 0 Å². The van der Waals surface area contributed by atoms with E-state index in [2.05, 4.69) is 32.3 Å². The molecule has 1 aliphatic rings. The lowest BCUT2D eigenvalue weighted by molar-refractivity contribution is -0.391. The molecule has 0 bridgehead atoms. The van der Waals surface area contributed by atoms with Crippen LogP contribution in [0.15, 0.2) is 6.20 Å². The zero-order chi connectivity index (χ0) is 15.0. The highest BCUT2D eigenvalue weighted by Crippen LogP contribution is 2.29. The second-order valence-corrected chi connectivity index (χ2v) is 5.90. The minimum atomic E-state index is -0.462. The molecule has 2 aromatic heterocycles. The maximum atomic E-state index is 10.9. The Bertz CT molecular complexity index is 667. The second kappa shape index (κ2) is 5.37. The highest BCUT2D eigenvalue weighted by Gasteiger charge is 2.24. The number of nitro groups is 1. The summed E-state index contributed by atoms with van der Waals surface area (Å²) in [7, 11) is 1.61. The Balaban J connectivity index is 1.86. The Morgan fingerprint density at radius 2 is 2.33 bits per heavy atom. The van der Waals surface area contributed by atoms with Gasteiger partial charge in [-0.15, -0.1) is 10.2 Å². The molecule has 1 fully saturated rings. The molecule has 21 heavy (non-hydrogen) atoms. The molecule has 2 aromatic rings. The highest BCUT2D eigenvalue weighted by atomic mass is 32.1. The van der Waals surface area contributed by atoms with Gasteiger partial charge in [0.25, 0.3) is 5.82 Å². The van der Waals surface area contributed by atoms with Crippen LogP contribution in [0.4, 0.5) is 10.9 Å². The summed E-state index contributed by atoms with van der Waals surface area (Å²) in [5.41, 5.74) is 0. The first kappa shape index (κ1) is 13.9. The molecule has 112 valence electrons. The van der Waals surface area contributed by atoms with Crippen molar-refractivity contribution in [2.45, 2.75) is 13.0 Å². The average Bonchev–Trinajstić information content (AvgIpc) is 3.05. The van der Waals surface area contributed by atoms with E-state index < -0.39 is 4.92 Å². The molecule has 0 radical (unpaired) electrons. The predicted octanol–water partition coefficient (Wildman–Crippen LogP) is 0.645. The summed E-state index contributed by atoms with van der Waals surface area (Å²) in [5.74, 6) is 0.408. The number of nitrogens with zero attached hydrogens (tertiary/aromatic N) is 6. The molecule has 0 aliphatic carbocycles. The third kappa shape index (κ3) is 2.59. The van der Waals surface area contributed by atoms with E-state index in [-0.39, 0.29) is 5.82 Å². The van der Waals surface area contributed by atoms with Crippen molar-refractivity contribution in [2.75, 3.05) is 24.5 Å². The highest BCUT2D eigenvalue weighted by molar-refractivity contribution is 7.18. The topological polar surface area (TPSA) is 102 Å². The molecule has 1 unspecified atom stereocenters. The largest absolute Gasteiger partial charge is 0.358 e. The van der Waals surface area contributed by atoms with Gasteiger partial charge in [0.1, 0.15) is 6.20 Å². The summed E-state index contributed by atoms with van der Waals surface area (Å²) in [5, 5.41) is 23.9.